The molecule has 0 aliphatic heterocycles. The van der Waals surface area contributed by atoms with Crippen molar-refractivity contribution in [3.8, 4) is 0 Å². The monoisotopic (exact) mass is 201 g/mol. The number of benzene rings is 1. The van der Waals surface area contributed by atoms with Crippen LogP contribution in [-0.2, 0) is 13.5 Å². The SMILES string of the molecule is Cn1nncc1C(=O)Cc1ccccc1. The van der Waals surface area contributed by atoms with Gasteiger partial charge in [0.2, 0.25) is 0 Å². The fourth-order valence-electron chi connectivity index (χ4n) is 1.41. The van der Waals surface area contributed by atoms with Crippen molar-refractivity contribution in [3.63, 3.8) is 0 Å². The van der Waals surface area contributed by atoms with Crippen LogP contribution in [0.5, 0.6) is 0 Å². The summed E-state index contributed by atoms with van der Waals surface area (Å²) < 4.78 is 1.49. The molecule has 1 aromatic carbocycles. The number of rotatable bonds is 3. The van der Waals surface area contributed by atoms with E-state index in [1.54, 1.807) is 7.05 Å². The third-order valence-corrected chi connectivity index (χ3v) is 2.21. The Morgan fingerprint density at radius 3 is 2.67 bits per heavy atom. The van der Waals surface area contributed by atoms with Crippen molar-refractivity contribution < 1.29 is 4.79 Å². The van der Waals surface area contributed by atoms with E-state index in [0.717, 1.165) is 5.56 Å². The van der Waals surface area contributed by atoms with E-state index in [-0.39, 0.29) is 5.78 Å². The molecule has 0 atom stereocenters. The number of hydrogen-bond acceptors (Lipinski definition) is 3. The standard InChI is InChI=1S/C11H11N3O/c1-14-10(8-12-13-14)11(15)7-9-5-3-2-4-6-9/h2-6,8H,7H2,1H3. The maximum absolute atomic E-state index is 11.8. The van der Waals surface area contributed by atoms with E-state index in [1.807, 2.05) is 30.3 Å². The minimum atomic E-state index is 0.0358. The van der Waals surface area contributed by atoms with Gasteiger partial charge in [-0.25, -0.2) is 4.68 Å². The normalized spacial score (nSPS) is 10.2. The minimum Gasteiger partial charge on any atom is -0.292 e. The lowest BCUT2D eigenvalue weighted by atomic mass is 10.1. The molecule has 1 heterocycles. The molecule has 2 aromatic rings. The summed E-state index contributed by atoms with van der Waals surface area (Å²) in [5.74, 6) is 0.0358. The smallest absolute Gasteiger partial charge is 0.186 e. The van der Waals surface area contributed by atoms with Crippen LogP contribution in [0, 0.1) is 0 Å². The molecule has 0 spiro atoms. The highest BCUT2D eigenvalue weighted by molar-refractivity contribution is 5.95. The largest absolute Gasteiger partial charge is 0.292 e. The Morgan fingerprint density at radius 1 is 1.33 bits per heavy atom. The van der Waals surface area contributed by atoms with E-state index in [2.05, 4.69) is 10.3 Å². The first-order valence-corrected chi connectivity index (χ1v) is 4.69. The number of nitrogens with zero attached hydrogens (tertiary/aromatic N) is 3. The number of aromatic nitrogens is 3. The second kappa shape index (κ2) is 4.04. The molecule has 0 bridgehead atoms. The quantitative estimate of drug-likeness (QED) is 0.702. The zero-order valence-corrected chi connectivity index (χ0v) is 8.42. The summed E-state index contributed by atoms with van der Waals surface area (Å²) in [6.07, 6.45) is 1.88. The summed E-state index contributed by atoms with van der Waals surface area (Å²) in [4.78, 5) is 11.8. The average Bonchev–Trinajstić information content (AvgIpc) is 2.66. The molecule has 1 aromatic heterocycles. The van der Waals surface area contributed by atoms with Gasteiger partial charge >= 0.3 is 0 Å². The summed E-state index contributed by atoms with van der Waals surface area (Å²) in [5.41, 5.74) is 1.54. The first kappa shape index (κ1) is 9.58. The van der Waals surface area contributed by atoms with Crippen molar-refractivity contribution in [1.29, 1.82) is 0 Å². The van der Waals surface area contributed by atoms with Crippen LogP contribution in [-0.4, -0.2) is 20.8 Å². The average molecular weight is 201 g/mol. The van der Waals surface area contributed by atoms with Crippen LogP contribution in [0.4, 0.5) is 0 Å². The molecule has 4 nitrogen and oxygen atoms in total. The Balaban J connectivity index is 2.15. The van der Waals surface area contributed by atoms with Crippen LogP contribution < -0.4 is 0 Å². The predicted octanol–water partition coefficient (Wildman–Crippen LogP) is 1.24. The van der Waals surface area contributed by atoms with Crippen molar-refractivity contribution in [2.24, 2.45) is 7.05 Å². The number of carbonyl (C=O) groups is 1. The fourth-order valence-corrected chi connectivity index (χ4v) is 1.41. The van der Waals surface area contributed by atoms with Gasteiger partial charge in [0.05, 0.1) is 6.20 Å². The Morgan fingerprint density at radius 2 is 2.07 bits per heavy atom. The van der Waals surface area contributed by atoms with Gasteiger partial charge in [0, 0.05) is 13.5 Å². The summed E-state index contributed by atoms with van der Waals surface area (Å²) in [6, 6.07) is 9.64. The van der Waals surface area contributed by atoms with Gasteiger partial charge in [-0.05, 0) is 5.56 Å². The lowest BCUT2D eigenvalue weighted by Gasteiger charge is -2.00. The first-order chi connectivity index (χ1) is 7.27. The molecule has 0 fully saturated rings. The number of carbonyl (C=O) groups excluding carboxylic acids is 1. The van der Waals surface area contributed by atoms with Crippen molar-refractivity contribution in [3.05, 3.63) is 47.8 Å². The molecule has 0 amide bonds. The van der Waals surface area contributed by atoms with E-state index >= 15 is 0 Å². The minimum absolute atomic E-state index is 0.0358. The summed E-state index contributed by atoms with van der Waals surface area (Å²) in [7, 11) is 1.71. The zero-order chi connectivity index (χ0) is 10.7. The molecule has 0 aliphatic rings. The molecular formula is C11H11N3O. The molecule has 0 aliphatic carbocycles. The molecule has 4 heteroatoms. The number of aryl methyl sites for hydroxylation is 1. The molecule has 0 saturated heterocycles. The number of ketones is 1. The summed E-state index contributed by atoms with van der Waals surface area (Å²) >= 11 is 0. The van der Waals surface area contributed by atoms with Crippen LogP contribution >= 0.6 is 0 Å². The lowest BCUT2D eigenvalue weighted by molar-refractivity contribution is 0.0984. The van der Waals surface area contributed by atoms with Crippen molar-refractivity contribution in [1.82, 2.24) is 15.0 Å². The molecule has 0 N–H and O–H groups in total. The topological polar surface area (TPSA) is 47.8 Å². The van der Waals surface area contributed by atoms with Gasteiger partial charge in [0.15, 0.2) is 5.78 Å². The first-order valence-electron chi connectivity index (χ1n) is 4.69. The third-order valence-electron chi connectivity index (χ3n) is 2.21. The third kappa shape index (κ3) is 2.10. The maximum Gasteiger partial charge on any atom is 0.186 e. The Bertz CT molecular complexity index is 462. The molecule has 2 rings (SSSR count). The van der Waals surface area contributed by atoms with E-state index in [1.165, 1.54) is 10.9 Å². The second-order valence-corrected chi connectivity index (χ2v) is 3.33. The van der Waals surface area contributed by atoms with Gasteiger partial charge in [-0.1, -0.05) is 35.5 Å². The number of Topliss-reactive ketones (excluding diaryl/α,β-unsaturated/α-hetero) is 1. The molecule has 76 valence electrons. The van der Waals surface area contributed by atoms with Gasteiger partial charge in [-0.15, -0.1) is 5.10 Å². The van der Waals surface area contributed by atoms with Crippen molar-refractivity contribution >= 4 is 5.78 Å². The molecule has 0 unspecified atom stereocenters. The van der Waals surface area contributed by atoms with E-state index in [0.29, 0.717) is 12.1 Å². The Hall–Kier alpha value is -1.97. The Labute approximate surface area is 87.5 Å². The zero-order valence-electron chi connectivity index (χ0n) is 8.42. The van der Waals surface area contributed by atoms with Gasteiger partial charge in [-0.2, -0.15) is 0 Å². The van der Waals surface area contributed by atoms with E-state index < -0.39 is 0 Å². The van der Waals surface area contributed by atoms with Crippen molar-refractivity contribution in [2.45, 2.75) is 6.42 Å². The fraction of sp³-hybridized carbons (Fsp3) is 0.182. The molecule has 15 heavy (non-hydrogen) atoms. The van der Waals surface area contributed by atoms with Crippen LogP contribution in [0.2, 0.25) is 0 Å². The molecule has 0 saturated carbocycles. The van der Waals surface area contributed by atoms with Crippen LogP contribution in [0.15, 0.2) is 36.5 Å². The van der Waals surface area contributed by atoms with Crippen LogP contribution in [0.25, 0.3) is 0 Å². The van der Waals surface area contributed by atoms with Gasteiger partial charge < -0.3 is 0 Å². The second-order valence-electron chi connectivity index (χ2n) is 3.33. The Kier molecular flexibility index (Phi) is 2.58. The summed E-state index contributed by atoms with van der Waals surface area (Å²) in [5, 5.41) is 7.40. The van der Waals surface area contributed by atoms with Crippen LogP contribution in [0.3, 0.4) is 0 Å². The van der Waals surface area contributed by atoms with Gasteiger partial charge in [0.1, 0.15) is 5.69 Å². The highest BCUT2D eigenvalue weighted by Crippen LogP contribution is 2.05. The predicted molar refractivity (Wildman–Crippen MR) is 55.5 cm³/mol. The highest BCUT2D eigenvalue weighted by Gasteiger charge is 2.10. The van der Waals surface area contributed by atoms with Gasteiger partial charge in [-0.3, -0.25) is 4.79 Å². The lowest BCUT2D eigenvalue weighted by Crippen LogP contribution is -2.09. The summed E-state index contributed by atoms with van der Waals surface area (Å²) in [6.45, 7) is 0. The molecular weight excluding hydrogens is 190 g/mol. The highest BCUT2D eigenvalue weighted by atomic mass is 16.1. The van der Waals surface area contributed by atoms with Crippen molar-refractivity contribution in [2.75, 3.05) is 0 Å². The van der Waals surface area contributed by atoms with Gasteiger partial charge in [0.25, 0.3) is 0 Å². The maximum atomic E-state index is 11.8. The molecule has 0 radical (unpaired) electrons. The van der Waals surface area contributed by atoms with Crippen LogP contribution in [0.1, 0.15) is 16.1 Å². The van der Waals surface area contributed by atoms with E-state index in [4.69, 9.17) is 0 Å². The number of hydrogen-bond donors (Lipinski definition) is 0. The van der Waals surface area contributed by atoms with E-state index in [9.17, 15) is 4.79 Å².